The van der Waals surface area contributed by atoms with E-state index in [-0.39, 0.29) is 41.8 Å². The molecule has 9 nitrogen and oxygen atoms in total. The fourth-order valence-electron chi connectivity index (χ4n) is 9.71. The standard InChI is InChI=1S/C40H41N3O6/c1-40-30(37(46)43(39(40)48)25-12-7-4-8-13-25)22-29-27(35(40)34-31(44)14-9-15-32(34)49-2)16-17-28-33(29)38(47)42(36(28)45)26-18-20-41(21-19-26)23-24-10-5-3-6-11-24/h3-16,26,28-30,33,35,44H,17-23H2,1-2H3. The first-order chi connectivity index (χ1) is 23.7. The monoisotopic (exact) mass is 659 g/mol. The summed E-state index contributed by atoms with van der Waals surface area (Å²) in [6, 6.07) is 24.0. The first-order valence-corrected chi connectivity index (χ1v) is 17.4. The molecule has 0 radical (unpaired) electrons. The van der Waals surface area contributed by atoms with Crippen LogP contribution in [-0.2, 0) is 25.7 Å². The van der Waals surface area contributed by atoms with Crippen LogP contribution in [0.15, 0.2) is 90.5 Å². The number of amides is 4. The number of hydrogen-bond acceptors (Lipinski definition) is 7. The lowest BCUT2D eigenvalue weighted by Gasteiger charge is -2.49. The lowest BCUT2D eigenvalue weighted by atomic mass is 9.51. The van der Waals surface area contributed by atoms with Gasteiger partial charge in [-0.05, 0) is 68.4 Å². The lowest BCUT2D eigenvalue weighted by Crippen LogP contribution is -2.49. The van der Waals surface area contributed by atoms with Crippen molar-refractivity contribution in [2.24, 2.45) is 29.1 Å². The molecule has 0 aromatic heterocycles. The number of imide groups is 2. The van der Waals surface area contributed by atoms with Crippen LogP contribution in [0.1, 0.15) is 49.7 Å². The number of aromatic hydroxyl groups is 1. The number of phenols is 1. The first-order valence-electron chi connectivity index (χ1n) is 17.4. The van der Waals surface area contributed by atoms with E-state index in [0.717, 1.165) is 25.2 Å². The van der Waals surface area contributed by atoms with Crippen molar-refractivity contribution < 1.29 is 29.0 Å². The zero-order valence-corrected chi connectivity index (χ0v) is 27.8. The molecule has 0 bridgehead atoms. The number of anilines is 1. The quantitative estimate of drug-likeness (QED) is 0.283. The minimum Gasteiger partial charge on any atom is -0.508 e. The van der Waals surface area contributed by atoms with Crippen LogP contribution in [0.5, 0.6) is 11.5 Å². The van der Waals surface area contributed by atoms with E-state index in [9.17, 15) is 24.3 Å². The summed E-state index contributed by atoms with van der Waals surface area (Å²) >= 11 is 0. The van der Waals surface area contributed by atoms with Gasteiger partial charge < -0.3 is 9.84 Å². The molecule has 9 heteroatoms. The Morgan fingerprint density at radius 2 is 1.53 bits per heavy atom. The number of carbonyl (C=O) groups is 4. The van der Waals surface area contributed by atoms with Crippen molar-refractivity contribution in [3.8, 4) is 11.5 Å². The zero-order chi connectivity index (χ0) is 34.0. The fraction of sp³-hybridized carbons (Fsp3) is 0.400. The largest absolute Gasteiger partial charge is 0.508 e. The Morgan fingerprint density at radius 1 is 0.837 bits per heavy atom. The summed E-state index contributed by atoms with van der Waals surface area (Å²) in [5.41, 5.74) is 1.73. The van der Waals surface area contributed by atoms with Gasteiger partial charge in [-0.2, -0.15) is 0 Å². The van der Waals surface area contributed by atoms with E-state index in [1.54, 1.807) is 47.4 Å². The Labute approximate surface area is 286 Å². The van der Waals surface area contributed by atoms with E-state index in [1.165, 1.54) is 17.6 Å². The van der Waals surface area contributed by atoms with Crippen LogP contribution < -0.4 is 9.64 Å². The van der Waals surface area contributed by atoms with Crippen molar-refractivity contribution in [3.63, 3.8) is 0 Å². The number of hydrogen-bond donors (Lipinski definition) is 1. The molecule has 2 aliphatic carbocycles. The van der Waals surface area contributed by atoms with E-state index in [0.29, 0.717) is 36.3 Å². The number of ether oxygens (including phenoxy) is 1. The Kier molecular flexibility index (Phi) is 7.70. The van der Waals surface area contributed by atoms with E-state index in [4.69, 9.17) is 4.74 Å². The van der Waals surface area contributed by atoms with Crippen molar-refractivity contribution in [1.82, 2.24) is 9.80 Å². The van der Waals surface area contributed by atoms with E-state index in [2.05, 4.69) is 17.0 Å². The van der Waals surface area contributed by atoms with Gasteiger partial charge in [-0.25, -0.2) is 4.90 Å². The molecule has 1 saturated carbocycles. The maximum absolute atomic E-state index is 14.6. The van der Waals surface area contributed by atoms with Crippen LogP contribution in [-0.4, -0.2) is 64.8 Å². The van der Waals surface area contributed by atoms with Crippen LogP contribution >= 0.6 is 0 Å². The summed E-state index contributed by atoms with van der Waals surface area (Å²) in [6.07, 6.45) is 4.08. The highest BCUT2D eigenvalue weighted by atomic mass is 16.5. The highest BCUT2D eigenvalue weighted by Gasteiger charge is 2.68. The third-order valence-corrected chi connectivity index (χ3v) is 12.0. The predicted octanol–water partition coefficient (Wildman–Crippen LogP) is 5.30. The second-order valence-corrected chi connectivity index (χ2v) is 14.4. The second kappa shape index (κ2) is 12.0. The Hall–Kier alpha value is -4.76. The molecule has 6 unspecified atom stereocenters. The van der Waals surface area contributed by atoms with Crippen molar-refractivity contribution in [2.75, 3.05) is 25.1 Å². The van der Waals surface area contributed by atoms with E-state index < -0.39 is 35.0 Å². The van der Waals surface area contributed by atoms with Gasteiger partial charge >= 0.3 is 0 Å². The van der Waals surface area contributed by atoms with Gasteiger partial charge in [-0.15, -0.1) is 0 Å². The van der Waals surface area contributed by atoms with Gasteiger partial charge in [0, 0.05) is 37.2 Å². The normalized spacial score (nSPS) is 30.2. The van der Waals surface area contributed by atoms with Gasteiger partial charge in [0.15, 0.2) is 0 Å². The predicted molar refractivity (Wildman–Crippen MR) is 182 cm³/mol. The molecule has 3 saturated heterocycles. The fourth-order valence-corrected chi connectivity index (χ4v) is 9.71. The van der Waals surface area contributed by atoms with Crippen molar-refractivity contribution in [1.29, 1.82) is 0 Å². The summed E-state index contributed by atoms with van der Waals surface area (Å²) < 4.78 is 5.76. The minimum absolute atomic E-state index is 0.0378. The third kappa shape index (κ3) is 4.76. The number of para-hydroxylation sites is 1. The Morgan fingerprint density at radius 3 is 2.22 bits per heavy atom. The molecular weight excluding hydrogens is 618 g/mol. The van der Waals surface area contributed by atoms with Gasteiger partial charge in [0.05, 0.1) is 36.0 Å². The van der Waals surface area contributed by atoms with Gasteiger partial charge in [-0.1, -0.05) is 66.2 Å². The number of likely N-dealkylation sites (tertiary alicyclic amines) is 2. The van der Waals surface area contributed by atoms with Crippen molar-refractivity contribution in [2.45, 2.75) is 51.1 Å². The summed E-state index contributed by atoms with van der Waals surface area (Å²) in [6.45, 7) is 4.23. The minimum atomic E-state index is -1.26. The summed E-state index contributed by atoms with van der Waals surface area (Å²) in [5, 5.41) is 11.4. The molecule has 4 fully saturated rings. The molecule has 6 atom stereocenters. The number of phenolic OH excluding ortho intramolecular Hbond substituents is 1. The number of nitrogens with zero attached hydrogens (tertiary/aromatic N) is 3. The summed E-state index contributed by atoms with van der Waals surface area (Å²) in [4.78, 5) is 62.8. The molecule has 3 aromatic rings. The van der Waals surface area contributed by atoms with Crippen LogP contribution in [0.25, 0.3) is 0 Å². The molecule has 1 N–H and O–H groups in total. The van der Waals surface area contributed by atoms with Crippen LogP contribution in [0.3, 0.4) is 0 Å². The second-order valence-electron chi connectivity index (χ2n) is 14.4. The van der Waals surface area contributed by atoms with Gasteiger partial charge in [0.2, 0.25) is 23.6 Å². The van der Waals surface area contributed by atoms with Gasteiger partial charge in [-0.3, -0.25) is 29.0 Å². The number of rotatable bonds is 6. The first kappa shape index (κ1) is 31.5. The zero-order valence-electron chi connectivity index (χ0n) is 27.8. The molecule has 0 spiro atoms. The molecule has 3 heterocycles. The molecule has 4 amide bonds. The summed E-state index contributed by atoms with van der Waals surface area (Å²) in [5.74, 6) is -3.70. The summed E-state index contributed by atoms with van der Waals surface area (Å²) in [7, 11) is 1.52. The molecular formula is C40H41N3O6. The van der Waals surface area contributed by atoms with Crippen LogP contribution in [0, 0.1) is 29.1 Å². The topological polar surface area (TPSA) is 107 Å². The third-order valence-electron chi connectivity index (χ3n) is 12.0. The van der Waals surface area contributed by atoms with Gasteiger partial charge in [0.25, 0.3) is 0 Å². The molecule has 252 valence electrons. The highest BCUT2D eigenvalue weighted by molar-refractivity contribution is 6.24. The number of fused-ring (bicyclic) bond motifs is 4. The lowest BCUT2D eigenvalue weighted by molar-refractivity contribution is -0.144. The number of carbonyl (C=O) groups excluding carboxylic acids is 4. The number of allylic oxidation sites excluding steroid dienone is 2. The molecule has 8 rings (SSSR count). The molecule has 49 heavy (non-hydrogen) atoms. The van der Waals surface area contributed by atoms with Crippen molar-refractivity contribution in [3.05, 3.63) is 102 Å². The number of methoxy groups -OCH3 is 1. The van der Waals surface area contributed by atoms with Crippen LogP contribution in [0.2, 0.25) is 0 Å². The SMILES string of the molecule is COc1cccc(O)c1C1C2=CCC3C(=O)N(C4CCN(Cc5ccccc5)CC4)C(=O)C3C2CC2C(=O)N(c3ccccc3)C(=O)C21C. The average molecular weight is 660 g/mol. The van der Waals surface area contributed by atoms with Crippen LogP contribution in [0.4, 0.5) is 5.69 Å². The van der Waals surface area contributed by atoms with E-state index >= 15 is 0 Å². The van der Waals surface area contributed by atoms with Gasteiger partial charge in [0.1, 0.15) is 11.5 Å². The molecule has 3 aromatic carbocycles. The average Bonchev–Trinajstić information content (AvgIpc) is 3.49. The number of piperidine rings is 1. The maximum atomic E-state index is 14.6. The number of benzene rings is 3. The van der Waals surface area contributed by atoms with Crippen molar-refractivity contribution >= 4 is 29.3 Å². The molecule has 3 aliphatic heterocycles. The van der Waals surface area contributed by atoms with E-state index in [1.807, 2.05) is 37.3 Å². The maximum Gasteiger partial charge on any atom is 0.241 e. The highest BCUT2D eigenvalue weighted by Crippen LogP contribution is 2.65. The smallest absolute Gasteiger partial charge is 0.241 e. The Balaban J connectivity index is 1.14. The molecule has 5 aliphatic rings. The Bertz CT molecular complexity index is 1850.